The molecule has 3 aromatic carbocycles. The monoisotopic (exact) mass is 482 g/mol. The number of hydrogen-bond acceptors (Lipinski definition) is 3. The van der Waals surface area contributed by atoms with E-state index < -0.39 is 10.0 Å². The number of benzene rings is 3. The van der Waals surface area contributed by atoms with E-state index in [0.29, 0.717) is 10.7 Å². The van der Waals surface area contributed by atoms with Gasteiger partial charge in [-0.3, -0.25) is 9.10 Å². The number of carbonyl (C=O) groups excluding carboxylic acids is 1. The Labute approximate surface area is 200 Å². The summed E-state index contributed by atoms with van der Waals surface area (Å²) in [6.45, 7) is 3.41. The van der Waals surface area contributed by atoms with E-state index in [4.69, 9.17) is 11.6 Å². The first-order valence-electron chi connectivity index (χ1n) is 11.0. The van der Waals surface area contributed by atoms with Gasteiger partial charge in [0, 0.05) is 5.02 Å². The molecular weight excluding hydrogens is 456 g/mol. The second-order valence-electron chi connectivity index (χ2n) is 8.42. The molecule has 3 aromatic rings. The van der Waals surface area contributed by atoms with E-state index >= 15 is 0 Å². The Bertz CT molecular complexity index is 1270. The number of rotatable bonds is 7. The van der Waals surface area contributed by atoms with Crippen molar-refractivity contribution >= 4 is 33.2 Å². The molecule has 0 saturated heterocycles. The highest BCUT2D eigenvalue weighted by molar-refractivity contribution is 7.92. The summed E-state index contributed by atoms with van der Waals surface area (Å²) in [6, 6.07) is 19.2. The van der Waals surface area contributed by atoms with E-state index in [2.05, 4.69) is 17.4 Å². The van der Waals surface area contributed by atoms with Crippen molar-refractivity contribution in [2.75, 3.05) is 10.8 Å². The predicted octanol–water partition coefficient (Wildman–Crippen LogP) is 5.21. The molecule has 0 aliphatic heterocycles. The Hall–Kier alpha value is -2.83. The van der Waals surface area contributed by atoms with Crippen molar-refractivity contribution in [3.63, 3.8) is 0 Å². The zero-order valence-electron chi connectivity index (χ0n) is 18.7. The van der Waals surface area contributed by atoms with Crippen LogP contribution in [-0.4, -0.2) is 20.9 Å². The average Bonchev–Trinajstić information content (AvgIpc) is 3.26. The number of hydrogen-bond donors (Lipinski definition) is 1. The van der Waals surface area contributed by atoms with Gasteiger partial charge in [0.25, 0.3) is 10.0 Å². The summed E-state index contributed by atoms with van der Waals surface area (Å²) in [7, 11) is -3.98. The first kappa shape index (κ1) is 23.3. The molecule has 0 saturated carbocycles. The highest BCUT2D eigenvalue weighted by Gasteiger charge is 2.28. The number of aryl methyl sites for hydroxylation is 3. The third-order valence-electron chi connectivity index (χ3n) is 6.07. The first-order chi connectivity index (χ1) is 15.8. The molecule has 1 amide bonds. The normalized spacial score (nSPS) is 13.9. The Kier molecular flexibility index (Phi) is 6.77. The van der Waals surface area contributed by atoms with Gasteiger partial charge in [-0.2, -0.15) is 0 Å². The smallest absolute Gasteiger partial charge is 0.264 e. The van der Waals surface area contributed by atoms with E-state index in [9.17, 15) is 13.2 Å². The lowest BCUT2D eigenvalue weighted by atomic mass is 10.0. The number of halogens is 1. The summed E-state index contributed by atoms with van der Waals surface area (Å²) in [4.78, 5) is 13.1. The van der Waals surface area contributed by atoms with Gasteiger partial charge in [-0.25, -0.2) is 8.42 Å². The van der Waals surface area contributed by atoms with Crippen LogP contribution in [0, 0.1) is 6.92 Å². The van der Waals surface area contributed by atoms with Gasteiger partial charge in [-0.15, -0.1) is 0 Å². The quantitative estimate of drug-likeness (QED) is 0.502. The maximum absolute atomic E-state index is 13.5. The van der Waals surface area contributed by atoms with Crippen LogP contribution >= 0.6 is 11.6 Å². The minimum absolute atomic E-state index is 0.0784. The number of para-hydroxylation sites is 1. The molecule has 1 N–H and O–H groups in total. The number of amides is 1. The number of sulfonamides is 1. The number of fused-ring (bicyclic) bond motifs is 1. The zero-order chi connectivity index (χ0) is 23.6. The number of nitrogens with one attached hydrogen (secondary N) is 1. The zero-order valence-corrected chi connectivity index (χ0v) is 20.3. The SMILES string of the molecule is Cc1ccccc1N(CC(=O)N[C@@H](C)c1ccc2c(c1)CCC2)S(=O)(=O)c1ccc(Cl)cc1. The van der Waals surface area contributed by atoms with Gasteiger partial charge in [0.1, 0.15) is 6.54 Å². The predicted molar refractivity (Wildman–Crippen MR) is 132 cm³/mol. The van der Waals surface area contributed by atoms with E-state index in [-0.39, 0.29) is 23.4 Å². The molecule has 1 aliphatic rings. The minimum atomic E-state index is -3.98. The van der Waals surface area contributed by atoms with Crippen LogP contribution in [0.3, 0.4) is 0 Å². The van der Waals surface area contributed by atoms with Gasteiger partial charge in [0.2, 0.25) is 5.91 Å². The fraction of sp³-hybridized carbons (Fsp3) is 0.269. The Morgan fingerprint density at radius 3 is 2.45 bits per heavy atom. The van der Waals surface area contributed by atoms with Crippen LogP contribution in [0.2, 0.25) is 5.02 Å². The van der Waals surface area contributed by atoms with E-state index in [1.165, 1.54) is 35.4 Å². The Morgan fingerprint density at radius 1 is 1.03 bits per heavy atom. The minimum Gasteiger partial charge on any atom is -0.348 e. The van der Waals surface area contributed by atoms with E-state index in [0.717, 1.165) is 34.7 Å². The molecule has 0 radical (unpaired) electrons. The molecule has 172 valence electrons. The maximum atomic E-state index is 13.5. The van der Waals surface area contributed by atoms with Crippen molar-refractivity contribution in [1.82, 2.24) is 5.32 Å². The lowest BCUT2D eigenvalue weighted by Crippen LogP contribution is -2.41. The first-order valence-corrected chi connectivity index (χ1v) is 12.8. The summed E-state index contributed by atoms with van der Waals surface area (Å²) in [5, 5.41) is 3.42. The van der Waals surface area contributed by atoms with Crippen molar-refractivity contribution in [3.05, 3.63) is 94.0 Å². The number of anilines is 1. The van der Waals surface area contributed by atoms with Crippen molar-refractivity contribution in [2.45, 2.75) is 44.0 Å². The van der Waals surface area contributed by atoms with Gasteiger partial charge < -0.3 is 5.32 Å². The molecule has 0 heterocycles. The van der Waals surface area contributed by atoms with E-state index in [1.807, 2.05) is 32.0 Å². The van der Waals surface area contributed by atoms with Gasteiger partial charge in [-0.05, 0) is 85.7 Å². The molecular formula is C26H27ClN2O3S. The van der Waals surface area contributed by atoms with Crippen LogP contribution < -0.4 is 9.62 Å². The molecule has 0 unspecified atom stereocenters. The van der Waals surface area contributed by atoms with Gasteiger partial charge in [0.05, 0.1) is 16.6 Å². The van der Waals surface area contributed by atoms with Gasteiger partial charge >= 0.3 is 0 Å². The van der Waals surface area contributed by atoms with Gasteiger partial charge in [0.15, 0.2) is 0 Å². The van der Waals surface area contributed by atoms with Crippen LogP contribution in [-0.2, 0) is 27.7 Å². The second-order valence-corrected chi connectivity index (χ2v) is 10.7. The molecule has 0 bridgehead atoms. The summed E-state index contributed by atoms with van der Waals surface area (Å²) >= 11 is 5.95. The van der Waals surface area contributed by atoms with Crippen molar-refractivity contribution in [1.29, 1.82) is 0 Å². The maximum Gasteiger partial charge on any atom is 0.264 e. The van der Waals surface area contributed by atoms with Crippen LogP contribution in [0.4, 0.5) is 5.69 Å². The molecule has 1 aliphatic carbocycles. The standard InChI is InChI=1S/C26H27ClN2O3S/c1-18-6-3-4-9-25(18)29(33(31,32)24-14-12-23(27)13-15-24)17-26(30)28-19(2)21-11-10-20-7-5-8-22(20)16-21/h3-4,6,9-16,19H,5,7-8,17H2,1-2H3,(H,28,30)/t19-/m0/s1. The van der Waals surface area contributed by atoms with Crippen molar-refractivity contribution < 1.29 is 13.2 Å². The van der Waals surface area contributed by atoms with Crippen LogP contribution in [0.25, 0.3) is 0 Å². The van der Waals surface area contributed by atoms with Crippen molar-refractivity contribution in [2.24, 2.45) is 0 Å². The largest absolute Gasteiger partial charge is 0.348 e. The van der Waals surface area contributed by atoms with Gasteiger partial charge in [-0.1, -0.05) is 48.0 Å². The highest BCUT2D eigenvalue weighted by atomic mass is 35.5. The van der Waals surface area contributed by atoms with Crippen LogP contribution in [0.1, 0.15) is 41.6 Å². The fourth-order valence-electron chi connectivity index (χ4n) is 4.24. The second kappa shape index (κ2) is 9.57. The highest BCUT2D eigenvalue weighted by Crippen LogP contribution is 2.28. The summed E-state index contributed by atoms with van der Waals surface area (Å²) in [5.74, 6) is -0.371. The molecule has 0 fully saturated rings. The summed E-state index contributed by atoms with van der Waals surface area (Å²) in [5.41, 5.74) is 4.95. The van der Waals surface area contributed by atoms with Crippen LogP contribution in [0.15, 0.2) is 71.6 Å². The molecule has 7 heteroatoms. The third kappa shape index (κ3) is 5.07. The lowest BCUT2D eigenvalue weighted by Gasteiger charge is -2.26. The number of carbonyl (C=O) groups is 1. The Morgan fingerprint density at radius 2 is 1.73 bits per heavy atom. The third-order valence-corrected chi connectivity index (χ3v) is 8.10. The molecule has 0 spiro atoms. The van der Waals surface area contributed by atoms with Crippen molar-refractivity contribution in [3.8, 4) is 0 Å². The molecule has 1 atom stereocenters. The lowest BCUT2D eigenvalue weighted by molar-refractivity contribution is -0.120. The topological polar surface area (TPSA) is 66.5 Å². The average molecular weight is 483 g/mol. The molecule has 33 heavy (non-hydrogen) atoms. The summed E-state index contributed by atoms with van der Waals surface area (Å²) < 4.78 is 28.2. The summed E-state index contributed by atoms with van der Waals surface area (Å²) in [6.07, 6.45) is 3.32. The van der Waals surface area contributed by atoms with Crippen LogP contribution in [0.5, 0.6) is 0 Å². The molecule has 4 rings (SSSR count). The Balaban J connectivity index is 1.59. The molecule has 5 nitrogen and oxygen atoms in total. The van der Waals surface area contributed by atoms with E-state index in [1.54, 1.807) is 12.1 Å². The fourth-order valence-corrected chi connectivity index (χ4v) is 5.85. The number of nitrogens with zero attached hydrogens (tertiary/aromatic N) is 1. The molecule has 0 aromatic heterocycles.